The molecular weight excluding hydrogens is 308 g/mol. The van der Waals surface area contributed by atoms with E-state index in [1.807, 2.05) is 11.3 Å². The molecule has 5 heteroatoms. The van der Waals surface area contributed by atoms with Gasteiger partial charge < -0.3 is 14.8 Å². The minimum Gasteiger partial charge on any atom is -0.381 e. The van der Waals surface area contributed by atoms with Crippen molar-refractivity contribution in [1.29, 1.82) is 0 Å². The van der Waals surface area contributed by atoms with E-state index in [-0.39, 0.29) is 5.60 Å². The van der Waals surface area contributed by atoms with E-state index in [1.54, 1.807) is 4.88 Å². The molecule has 3 aliphatic rings. The minimum atomic E-state index is 0.0917. The first-order valence-corrected chi connectivity index (χ1v) is 10.1. The van der Waals surface area contributed by atoms with E-state index in [1.165, 1.54) is 36.4 Å². The van der Waals surface area contributed by atoms with Gasteiger partial charge in [-0.2, -0.15) is 0 Å². The Labute approximate surface area is 143 Å². The zero-order chi connectivity index (χ0) is 15.5. The van der Waals surface area contributed by atoms with E-state index in [2.05, 4.69) is 5.32 Å². The second-order valence-corrected chi connectivity index (χ2v) is 8.39. The van der Waals surface area contributed by atoms with Crippen molar-refractivity contribution in [3.8, 4) is 0 Å². The average molecular weight is 337 g/mol. The first-order chi connectivity index (χ1) is 11.3. The van der Waals surface area contributed by atoms with Gasteiger partial charge in [-0.1, -0.05) is 0 Å². The first-order valence-electron chi connectivity index (χ1n) is 9.26. The maximum atomic E-state index is 6.13. The molecule has 2 fully saturated rings. The lowest BCUT2D eigenvalue weighted by Gasteiger charge is -2.43. The zero-order valence-corrected chi connectivity index (χ0v) is 14.8. The normalized spacial score (nSPS) is 27.0. The molecule has 0 amide bonds. The molecule has 0 unspecified atom stereocenters. The van der Waals surface area contributed by atoms with Gasteiger partial charge in [-0.05, 0) is 51.4 Å². The van der Waals surface area contributed by atoms with Crippen LogP contribution in [0.1, 0.15) is 54.1 Å². The molecule has 0 saturated carbocycles. The molecule has 4 nitrogen and oxygen atoms in total. The SMILES string of the molecule is C1CCc2sc(CCN[C@@H]3CCOC4(CCOCC4)C3)nc2C1. The number of aryl methyl sites for hydroxylation is 2. The first kappa shape index (κ1) is 16.0. The number of nitrogens with one attached hydrogen (secondary N) is 1. The standard InChI is InChI=1S/C18H28N2O2S/c1-2-4-16-15(3-1)20-17(23-16)5-9-19-14-6-10-22-18(13-14)7-11-21-12-8-18/h14,19H,1-13H2/t14-/m1/s1. The summed E-state index contributed by atoms with van der Waals surface area (Å²) in [7, 11) is 0. The third-order valence-electron chi connectivity index (χ3n) is 5.56. The summed E-state index contributed by atoms with van der Waals surface area (Å²) >= 11 is 1.95. The van der Waals surface area contributed by atoms with Crippen molar-refractivity contribution in [1.82, 2.24) is 10.3 Å². The Morgan fingerprint density at radius 2 is 2.04 bits per heavy atom. The predicted octanol–water partition coefficient (Wildman–Crippen LogP) is 2.88. The predicted molar refractivity (Wildman–Crippen MR) is 92.2 cm³/mol. The van der Waals surface area contributed by atoms with Gasteiger partial charge in [0.05, 0.1) is 16.3 Å². The lowest BCUT2D eigenvalue weighted by Crippen LogP contribution is -2.50. The highest BCUT2D eigenvalue weighted by atomic mass is 32.1. The van der Waals surface area contributed by atoms with Crippen LogP contribution in [-0.4, -0.2) is 43.0 Å². The fourth-order valence-electron chi connectivity index (χ4n) is 4.19. The van der Waals surface area contributed by atoms with Crippen LogP contribution in [0.15, 0.2) is 0 Å². The van der Waals surface area contributed by atoms with Crippen molar-refractivity contribution in [2.24, 2.45) is 0 Å². The lowest BCUT2D eigenvalue weighted by atomic mass is 9.84. The van der Waals surface area contributed by atoms with E-state index in [9.17, 15) is 0 Å². The highest BCUT2D eigenvalue weighted by Crippen LogP contribution is 2.34. The second-order valence-electron chi connectivity index (χ2n) is 7.22. The third kappa shape index (κ3) is 3.78. The smallest absolute Gasteiger partial charge is 0.0943 e. The van der Waals surface area contributed by atoms with Gasteiger partial charge in [-0.15, -0.1) is 11.3 Å². The van der Waals surface area contributed by atoms with Crippen LogP contribution in [-0.2, 0) is 28.7 Å². The molecule has 0 bridgehead atoms. The summed E-state index contributed by atoms with van der Waals surface area (Å²) < 4.78 is 11.6. The molecule has 0 aromatic carbocycles. The number of fused-ring (bicyclic) bond motifs is 1. The van der Waals surface area contributed by atoms with Crippen LogP contribution in [0.4, 0.5) is 0 Å². The maximum absolute atomic E-state index is 6.13. The van der Waals surface area contributed by atoms with Crippen molar-refractivity contribution in [2.75, 3.05) is 26.4 Å². The average Bonchev–Trinajstić information content (AvgIpc) is 2.98. The molecule has 1 aliphatic carbocycles. The maximum Gasteiger partial charge on any atom is 0.0943 e. The Morgan fingerprint density at radius 3 is 2.91 bits per heavy atom. The number of hydrogen-bond acceptors (Lipinski definition) is 5. The van der Waals surface area contributed by atoms with Gasteiger partial charge in [-0.25, -0.2) is 4.98 Å². The zero-order valence-electron chi connectivity index (χ0n) is 13.9. The van der Waals surface area contributed by atoms with Gasteiger partial charge in [-0.3, -0.25) is 0 Å². The Bertz CT molecular complexity index is 496. The topological polar surface area (TPSA) is 43.4 Å². The Balaban J connectivity index is 1.26. The Hall–Kier alpha value is -0.490. The molecule has 1 N–H and O–H groups in total. The third-order valence-corrected chi connectivity index (χ3v) is 6.78. The summed E-state index contributed by atoms with van der Waals surface area (Å²) in [6.45, 7) is 3.65. The summed E-state index contributed by atoms with van der Waals surface area (Å²) in [5.74, 6) is 0. The van der Waals surface area contributed by atoms with Gasteiger partial charge in [0.15, 0.2) is 0 Å². The van der Waals surface area contributed by atoms with Gasteiger partial charge in [0, 0.05) is 43.7 Å². The van der Waals surface area contributed by atoms with E-state index in [0.29, 0.717) is 6.04 Å². The summed E-state index contributed by atoms with van der Waals surface area (Å²) in [4.78, 5) is 6.41. The Morgan fingerprint density at radius 1 is 1.17 bits per heavy atom. The van der Waals surface area contributed by atoms with Crippen LogP contribution in [0, 0.1) is 0 Å². The molecule has 23 heavy (non-hydrogen) atoms. The van der Waals surface area contributed by atoms with E-state index in [4.69, 9.17) is 14.5 Å². The number of thiazole rings is 1. The van der Waals surface area contributed by atoms with Gasteiger partial charge in [0.25, 0.3) is 0 Å². The van der Waals surface area contributed by atoms with E-state index >= 15 is 0 Å². The van der Waals surface area contributed by atoms with Crippen LogP contribution < -0.4 is 5.32 Å². The fourth-order valence-corrected chi connectivity index (χ4v) is 5.35. The van der Waals surface area contributed by atoms with Crippen molar-refractivity contribution in [3.05, 3.63) is 15.6 Å². The fraction of sp³-hybridized carbons (Fsp3) is 0.833. The highest BCUT2D eigenvalue weighted by Gasteiger charge is 2.38. The van der Waals surface area contributed by atoms with Crippen molar-refractivity contribution in [2.45, 2.75) is 69.4 Å². The Kier molecular flexibility index (Phi) is 4.99. The van der Waals surface area contributed by atoms with Crippen LogP contribution in [0.2, 0.25) is 0 Å². The van der Waals surface area contributed by atoms with Gasteiger partial charge in [0.1, 0.15) is 0 Å². The van der Waals surface area contributed by atoms with Crippen LogP contribution in [0.25, 0.3) is 0 Å². The van der Waals surface area contributed by atoms with Crippen molar-refractivity contribution < 1.29 is 9.47 Å². The molecule has 1 aromatic heterocycles. The highest BCUT2D eigenvalue weighted by molar-refractivity contribution is 7.11. The van der Waals surface area contributed by atoms with Gasteiger partial charge in [0.2, 0.25) is 0 Å². The molecule has 128 valence electrons. The molecule has 0 radical (unpaired) electrons. The molecule has 2 saturated heterocycles. The summed E-state index contributed by atoms with van der Waals surface area (Å²) in [5.41, 5.74) is 1.48. The summed E-state index contributed by atoms with van der Waals surface area (Å²) in [5, 5.41) is 5.10. The molecule has 1 atom stereocenters. The van der Waals surface area contributed by atoms with Crippen molar-refractivity contribution in [3.63, 3.8) is 0 Å². The summed E-state index contributed by atoms with van der Waals surface area (Å²) in [6.07, 6.45) is 10.6. The van der Waals surface area contributed by atoms with Crippen molar-refractivity contribution >= 4 is 11.3 Å². The van der Waals surface area contributed by atoms with E-state index in [0.717, 1.165) is 58.5 Å². The molecular formula is C18H28N2O2S. The van der Waals surface area contributed by atoms with Gasteiger partial charge >= 0.3 is 0 Å². The molecule has 4 rings (SSSR count). The molecule has 1 aromatic rings. The molecule has 3 heterocycles. The number of nitrogens with zero attached hydrogens (tertiary/aromatic N) is 1. The monoisotopic (exact) mass is 336 g/mol. The van der Waals surface area contributed by atoms with Crippen LogP contribution in [0.3, 0.4) is 0 Å². The van der Waals surface area contributed by atoms with Crippen LogP contribution >= 0.6 is 11.3 Å². The summed E-state index contributed by atoms with van der Waals surface area (Å²) in [6, 6.07) is 0.594. The lowest BCUT2D eigenvalue weighted by molar-refractivity contribution is -0.140. The number of aromatic nitrogens is 1. The quantitative estimate of drug-likeness (QED) is 0.918. The number of ether oxygens (including phenoxy) is 2. The number of hydrogen-bond donors (Lipinski definition) is 1. The van der Waals surface area contributed by atoms with E-state index < -0.39 is 0 Å². The van der Waals surface area contributed by atoms with Crippen LogP contribution in [0.5, 0.6) is 0 Å². The minimum absolute atomic E-state index is 0.0917. The molecule has 1 spiro atoms. The second kappa shape index (κ2) is 7.18. The molecule has 2 aliphatic heterocycles. The number of rotatable bonds is 4. The largest absolute Gasteiger partial charge is 0.381 e.